The highest BCUT2D eigenvalue weighted by Gasteiger charge is 2.22. The van der Waals surface area contributed by atoms with E-state index in [2.05, 4.69) is 10.2 Å². The van der Waals surface area contributed by atoms with E-state index in [1.165, 1.54) is 12.8 Å². The molecule has 1 aliphatic rings. The van der Waals surface area contributed by atoms with Crippen LogP contribution < -0.4 is 5.73 Å². The van der Waals surface area contributed by atoms with Gasteiger partial charge in [0.2, 0.25) is 5.95 Å². The first kappa shape index (κ1) is 11.3. The van der Waals surface area contributed by atoms with E-state index in [1.54, 1.807) is 4.57 Å². The van der Waals surface area contributed by atoms with Crippen LogP contribution in [0.5, 0.6) is 0 Å². The van der Waals surface area contributed by atoms with Crippen molar-refractivity contribution in [3.05, 3.63) is 0 Å². The molecular weight excluding hydrogens is 228 g/mol. The molecule has 2 rings (SSSR count). The Balaban J connectivity index is 1.96. The molecule has 1 aromatic heterocycles. The average Bonchev–Trinajstić information content (AvgIpc) is 2.99. The first-order valence-corrected chi connectivity index (χ1v) is 6.18. The second kappa shape index (κ2) is 4.73. The second-order valence-corrected chi connectivity index (χ2v) is 4.85. The van der Waals surface area contributed by atoms with Crippen molar-refractivity contribution >= 4 is 23.7 Å². The molecule has 1 saturated carbocycles. The summed E-state index contributed by atoms with van der Waals surface area (Å²) < 4.78 is 1.80. The zero-order valence-corrected chi connectivity index (χ0v) is 9.61. The maximum absolute atomic E-state index is 10.5. The number of carbonyl (C=O) groups is 1. The summed E-state index contributed by atoms with van der Waals surface area (Å²) in [7, 11) is 0. The lowest BCUT2D eigenvalue weighted by Crippen LogP contribution is -2.07. The largest absolute Gasteiger partial charge is 0.481 e. The van der Waals surface area contributed by atoms with Crippen molar-refractivity contribution < 1.29 is 9.90 Å². The smallest absolute Gasteiger partial charge is 0.313 e. The van der Waals surface area contributed by atoms with Gasteiger partial charge in [0.1, 0.15) is 0 Å². The number of nitrogen functional groups attached to an aromatic ring is 1. The molecule has 3 N–H and O–H groups in total. The number of aromatic nitrogens is 3. The third kappa shape index (κ3) is 2.88. The predicted molar refractivity (Wildman–Crippen MR) is 60.1 cm³/mol. The SMILES string of the molecule is Nc1nnc(SCC(=O)O)n1CCC1CC1. The highest BCUT2D eigenvalue weighted by atomic mass is 32.2. The zero-order valence-electron chi connectivity index (χ0n) is 8.80. The van der Waals surface area contributed by atoms with Gasteiger partial charge in [-0.2, -0.15) is 0 Å². The Morgan fingerprint density at radius 2 is 2.31 bits per heavy atom. The van der Waals surface area contributed by atoms with Gasteiger partial charge in [-0.05, 0) is 12.3 Å². The molecule has 0 aromatic carbocycles. The summed E-state index contributed by atoms with van der Waals surface area (Å²) in [5.74, 6) is 0.301. The minimum absolute atomic E-state index is 0.0123. The Morgan fingerprint density at radius 3 is 2.94 bits per heavy atom. The molecule has 88 valence electrons. The van der Waals surface area contributed by atoms with Crippen LogP contribution in [0.1, 0.15) is 19.3 Å². The Bertz CT molecular complexity index is 389. The lowest BCUT2D eigenvalue weighted by molar-refractivity contribution is -0.133. The fourth-order valence-electron chi connectivity index (χ4n) is 1.46. The monoisotopic (exact) mass is 242 g/mol. The van der Waals surface area contributed by atoms with E-state index in [1.807, 2.05) is 0 Å². The third-order valence-electron chi connectivity index (χ3n) is 2.53. The number of carboxylic acids is 1. The minimum Gasteiger partial charge on any atom is -0.481 e. The van der Waals surface area contributed by atoms with E-state index < -0.39 is 5.97 Å². The number of aliphatic carboxylic acids is 1. The van der Waals surface area contributed by atoms with Gasteiger partial charge in [0.15, 0.2) is 5.16 Å². The number of nitrogens with zero attached hydrogens (tertiary/aromatic N) is 3. The van der Waals surface area contributed by atoms with Crippen LogP contribution >= 0.6 is 11.8 Å². The van der Waals surface area contributed by atoms with E-state index in [9.17, 15) is 4.79 Å². The summed E-state index contributed by atoms with van der Waals surface area (Å²) in [6.45, 7) is 0.783. The van der Waals surface area contributed by atoms with Gasteiger partial charge in [-0.1, -0.05) is 24.6 Å². The zero-order chi connectivity index (χ0) is 11.5. The summed E-state index contributed by atoms with van der Waals surface area (Å²) in [6.07, 6.45) is 3.65. The predicted octanol–water partition coefficient (Wildman–Crippen LogP) is 0.837. The number of thioether (sulfide) groups is 1. The minimum atomic E-state index is -0.861. The van der Waals surface area contributed by atoms with Crippen LogP contribution in [-0.2, 0) is 11.3 Å². The van der Waals surface area contributed by atoms with Crippen molar-refractivity contribution in [1.82, 2.24) is 14.8 Å². The second-order valence-electron chi connectivity index (χ2n) is 3.91. The van der Waals surface area contributed by atoms with Gasteiger partial charge < -0.3 is 10.8 Å². The number of anilines is 1. The van der Waals surface area contributed by atoms with Crippen molar-refractivity contribution in [3.8, 4) is 0 Å². The molecule has 1 aliphatic carbocycles. The quantitative estimate of drug-likeness (QED) is 0.718. The molecule has 0 spiro atoms. The Hall–Kier alpha value is -1.24. The lowest BCUT2D eigenvalue weighted by atomic mass is 10.3. The van der Waals surface area contributed by atoms with Crippen molar-refractivity contribution in [3.63, 3.8) is 0 Å². The maximum Gasteiger partial charge on any atom is 0.313 e. The summed E-state index contributed by atoms with van der Waals surface area (Å²) in [5.41, 5.74) is 5.68. The van der Waals surface area contributed by atoms with Gasteiger partial charge in [-0.3, -0.25) is 9.36 Å². The molecule has 7 heteroatoms. The van der Waals surface area contributed by atoms with Crippen LogP contribution in [0.15, 0.2) is 5.16 Å². The van der Waals surface area contributed by atoms with Crippen LogP contribution in [0.3, 0.4) is 0 Å². The van der Waals surface area contributed by atoms with Gasteiger partial charge in [-0.25, -0.2) is 0 Å². The van der Waals surface area contributed by atoms with E-state index in [-0.39, 0.29) is 5.75 Å². The highest BCUT2D eigenvalue weighted by Crippen LogP contribution is 2.33. The van der Waals surface area contributed by atoms with Gasteiger partial charge in [0.25, 0.3) is 0 Å². The molecule has 1 aromatic rings. The molecule has 0 aliphatic heterocycles. The normalized spacial score (nSPS) is 15.2. The Morgan fingerprint density at radius 1 is 1.56 bits per heavy atom. The van der Waals surface area contributed by atoms with Crippen molar-refractivity contribution in [2.75, 3.05) is 11.5 Å². The first-order valence-electron chi connectivity index (χ1n) is 5.20. The van der Waals surface area contributed by atoms with Gasteiger partial charge >= 0.3 is 5.97 Å². The first-order chi connectivity index (χ1) is 7.66. The molecule has 0 unspecified atom stereocenters. The Labute approximate surface area is 97.2 Å². The highest BCUT2D eigenvalue weighted by molar-refractivity contribution is 7.99. The standard InChI is InChI=1S/C9H14N4O2S/c10-8-11-12-9(16-5-7(14)15)13(8)4-3-6-1-2-6/h6H,1-5H2,(H2,10,11)(H,14,15). The van der Waals surface area contributed by atoms with E-state index >= 15 is 0 Å². The molecule has 0 saturated heterocycles. The summed E-state index contributed by atoms with van der Waals surface area (Å²) in [5, 5.41) is 16.8. The third-order valence-corrected chi connectivity index (χ3v) is 3.48. The molecular formula is C9H14N4O2S. The van der Waals surface area contributed by atoms with Crippen LogP contribution in [0.4, 0.5) is 5.95 Å². The molecule has 0 radical (unpaired) electrons. The lowest BCUT2D eigenvalue weighted by Gasteiger charge is -2.06. The number of rotatable bonds is 6. The van der Waals surface area contributed by atoms with Crippen LogP contribution in [0.25, 0.3) is 0 Å². The number of hydrogen-bond acceptors (Lipinski definition) is 5. The van der Waals surface area contributed by atoms with E-state index in [0.717, 1.165) is 30.6 Å². The Kier molecular flexibility index (Phi) is 3.33. The van der Waals surface area contributed by atoms with Crippen LogP contribution in [0, 0.1) is 5.92 Å². The molecule has 6 nitrogen and oxygen atoms in total. The topological polar surface area (TPSA) is 94.0 Å². The van der Waals surface area contributed by atoms with Crippen molar-refractivity contribution in [1.29, 1.82) is 0 Å². The molecule has 0 bridgehead atoms. The summed E-state index contributed by atoms with van der Waals surface area (Å²) >= 11 is 1.16. The van der Waals surface area contributed by atoms with Gasteiger partial charge in [-0.15, -0.1) is 10.2 Å². The fraction of sp³-hybridized carbons (Fsp3) is 0.667. The van der Waals surface area contributed by atoms with E-state index in [4.69, 9.17) is 10.8 Å². The van der Waals surface area contributed by atoms with E-state index in [0.29, 0.717) is 11.1 Å². The molecule has 16 heavy (non-hydrogen) atoms. The number of nitrogens with two attached hydrogens (primary N) is 1. The average molecular weight is 242 g/mol. The van der Waals surface area contributed by atoms with Crippen molar-refractivity contribution in [2.45, 2.75) is 31.0 Å². The van der Waals surface area contributed by atoms with Crippen molar-refractivity contribution in [2.24, 2.45) is 5.92 Å². The molecule has 0 amide bonds. The summed E-state index contributed by atoms with van der Waals surface area (Å²) in [6, 6.07) is 0. The fourth-order valence-corrected chi connectivity index (χ4v) is 2.15. The summed E-state index contributed by atoms with van der Waals surface area (Å²) in [4.78, 5) is 10.5. The number of hydrogen-bond donors (Lipinski definition) is 2. The maximum atomic E-state index is 10.5. The molecule has 0 atom stereocenters. The van der Waals surface area contributed by atoms with Gasteiger partial charge in [0.05, 0.1) is 5.75 Å². The van der Waals surface area contributed by atoms with Gasteiger partial charge in [0, 0.05) is 6.54 Å². The number of carboxylic acid groups (broad SMARTS) is 1. The van der Waals surface area contributed by atoms with Crippen LogP contribution in [0.2, 0.25) is 0 Å². The van der Waals surface area contributed by atoms with Crippen LogP contribution in [-0.4, -0.2) is 31.6 Å². The molecule has 1 heterocycles. The molecule has 1 fully saturated rings.